The van der Waals surface area contributed by atoms with Crippen LogP contribution in [0.2, 0.25) is 0 Å². The Balaban J connectivity index is 4.66. The molecule has 372 valence electrons. The van der Waals surface area contributed by atoms with Crippen LogP contribution in [0.4, 0.5) is 0 Å². The number of rotatable bonds is 49. The van der Waals surface area contributed by atoms with Crippen molar-refractivity contribution >= 4 is 11.9 Å². The molecule has 0 radical (unpaired) electrons. The fourth-order valence-corrected chi connectivity index (χ4v) is 8.22. The van der Waals surface area contributed by atoms with Crippen molar-refractivity contribution in [1.29, 1.82) is 0 Å². The topological polar surface area (TPSA) is 95.9 Å². The van der Waals surface area contributed by atoms with Crippen LogP contribution in [0.1, 0.15) is 271 Å². The number of carbonyl (C=O) groups excluding carboxylic acids is 2. The Labute approximate surface area is 397 Å². The molecule has 0 aliphatic carbocycles. The predicted octanol–water partition coefficient (Wildman–Crippen LogP) is 16.8. The van der Waals surface area contributed by atoms with E-state index in [2.05, 4.69) is 80.8 Å². The minimum Gasteiger partial charge on any atom is -0.461 e. The first-order valence-corrected chi connectivity index (χ1v) is 27.5. The molecular formula is C58H105NO5. The summed E-state index contributed by atoms with van der Waals surface area (Å²) < 4.78 is 5.89. The van der Waals surface area contributed by atoms with Gasteiger partial charge >= 0.3 is 5.97 Å². The lowest BCUT2D eigenvalue weighted by atomic mass is 10.0. The molecule has 0 saturated heterocycles. The van der Waals surface area contributed by atoms with Crippen LogP contribution < -0.4 is 5.32 Å². The number of nitrogens with one attached hydrogen (secondary N) is 1. The van der Waals surface area contributed by atoms with E-state index in [-0.39, 0.29) is 24.9 Å². The van der Waals surface area contributed by atoms with Gasteiger partial charge in [-0.3, -0.25) is 9.59 Å². The number of aliphatic hydroxyl groups excluding tert-OH is 2. The number of esters is 1. The summed E-state index contributed by atoms with van der Waals surface area (Å²) in [6.07, 6.45) is 64.4. The molecule has 6 heteroatoms. The van der Waals surface area contributed by atoms with Crippen molar-refractivity contribution in [1.82, 2.24) is 5.32 Å². The van der Waals surface area contributed by atoms with Crippen LogP contribution >= 0.6 is 0 Å². The summed E-state index contributed by atoms with van der Waals surface area (Å²) in [4.78, 5) is 26.2. The monoisotopic (exact) mass is 896 g/mol. The third-order valence-electron chi connectivity index (χ3n) is 12.4. The van der Waals surface area contributed by atoms with Crippen molar-refractivity contribution in [2.24, 2.45) is 0 Å². The smallest absolute Gasteiger partial charge is 0.306 e. The number of hydrogen-bond acceptors (Lipinski definition) is 5. The van der Waals surface area contributed by atoms with E-state index in [1.54, 1.807) is 0 Å². The van der Waals surface area contributed by atoms with Crippen LogP contribution in [0, 0.1) is 0 Å². The molecule has 0 aliphatic heterocycles. The highest BCUT2D eigenvalue weighted by Crippen LogP contribution is 2.17. The maximum absolute atomic E-state index is 13.2. The van der Waals surface area contributed by atoms with Gasteiger partial charge in [0, 0.05) is 12.8 Å². The number of unbranched alkanes of at least 4 members (excludes halogenated alkanes) is 28. The molecular weight excluding hydrogens is 791 g/mol. The Bertz CT molecular complexity index is 1140. The molecule has 0 aliphatic rings. The lowest BCUT2D eigenvalue weighted by Crippen LogP contribution is -2.46. The van der Waals surface area contributed by atoms with Gasteiger partial charge in [0.15, 0.2) is 0 Å². The van der Waals surface area contributed by atoms with E-state index >= 15 is 0 Å². The van der Waals surface area contributed by atoms with Gasteiger partial charge in [0.05, 0.1) is 25.2 Å². The zero-order valence-corrected chi connectivity index (χ0v) is 42.4. The highest BCUT2D eigenvalue weighted by Gasteiger charge is 2.23. The molecule has 0 aromatic heterocycles. The van der Waals surface area contributed by atoms with Crippen molar-refractivity contribution in [2.75, 3.05) is 6.61 Å². The van der Waals surface area contributed by atoms with E-state index < -0.39 is 18.2 Å². The van der Waals surface area contributed by atoms with Gasteiger partial charge in [-0.15, -0.1) is 0 Å². The summed E-state index contributed by atoms with van der Waals surface area (Å²) >= 11 is 0. The maximum Gasteiger partial charge on any atom is 0.306 e. The fourth-order valence-electron chi connectivity index (χ4n) is 8.22. The predicted molar refractivity (Wildman–Crippen MR) is 278 cm³/mol. The molecule has 3 atom stereocenters. The van der Waals surface area contributed by atoms with Crippen LogP contribution in [-0.2, 0) is 14.3 Å². The zero-order chi connectivity index (χ0) is 46.7. The first kappa shape index (κ1) is 61.6. The lowest BCUT2D eigenvalue weighted by Gasteiger charge is -2.24. The second-order valence-electron chi connectivity index (χ2n) is 18.6. The van der Waals surface area contributed by atoms with E-state index in [1.807, 2.05) is 6.08 Å². The van der Waals surface area contributed by atoms with E-state index in [9.17, 15) is 19.8 Å². The number of carbonyl (C=O) groups is 2. The number of amides is 1. The SMILES string of the molecule is CC/C=C\C/C=C\C/C=C\C/C=C\C/C=C\CC(CC(=O)NC(CO)C(O)CCCCCCCCCCCCCCC)OC(=O)CCCCCCCCCCCCCCCCCCC. The van der Waals surface area contributed by atoms with Gasteiger partial charge in [0.1, 0.15) is 6.10 Å². The average molecular weight is 896 g/mol. The van der Waals surface area contributed by atoms with Crippen molar-refractivity contribution in [3.8, 4) is 0 Å². The van der Waals surface area contributed by atoms with Gasteiger partial charge in [-0.05, 0) is 44.9 Å². The third kappa shape index (κ3) is 46.1. The average Bonchev–Trinajstić information content (AvgIpc) is 3.29. The molecule has 0 rings (SSSR count). The van der Waals surface area contributed by atoms with Gasteiger partial charge in [-0.25, -0.2) is 0 Å². The van der Waals surface area contributed by atoms with Crippen LogP contribution in [-0.4, -0.2) is 46.9 Å². The minimum atomic E-state index is -0.812. The van der Waals surface area contributed by atoms with E-state index in [4.69, 9.17) is 4.74 Å². The molecule has 0 aromatic carbocycles. The molecule has 1 amide bonds. The molecule has 3 unspecified atom stereocenters. The Morgan fingerprint density at radius 2 is 0.812 bits per heavy atom. The largest absolute Gasteiger partial charge is 0.461 e. The van der Waals surface area contributed by atoms with Crippen molar-refractivity contribution < 1.29 is 24.5 Å². The quantitative estimate of drug-likeness (QED) is 0.0321. The van der Waals surface area contributed by atoms with Gasteiger partial charge in [-0.2, -0.15) is 0 Å². The Morgan fingerprint density at radius 1 is 0.469 bits per heavy atom. The van der Waals surface area contributed by atoms with Crippen LogP contribution in [0.25, 0.3) is 0 Å². The highest BCUT2D eigenvalue weighted by atomic mass is 16.5. The van der Waals surface area contributed by atoms with Gasteiger partial charge in [0.2, 0.25) is 5.91 Å². The van der Waals surface area contributed by atoms with E-state index in [1.165, 1.54) is 154 Å². The maximum atomic E-state index is 13.2. The van der Waals surface area contributed by atoms with Crippen molar-refractivity contribution in [3.63, 3.8) is 0 Å². The van der Waals surface area contributed by atoms with Crippen LogP contribution in [0.3, 0.4) is 0 Å². The zero-order valence-electron chi connectivity index (χ0n) is 42.4. The first-order valence-electron chi connectivity index (χ1n) is 27.5. The molecule has 0 aromatic rings. The summed E-state index contributed by atoms with van der Waals surface area (Å²) in [6, 6.07) is -0.732. The lowest BCUT2D eigenvalue weighted by molar-refractivity contribution is -0.150. The summed E-state index contributed by atoms with van der Waals surface area (Å²) in [5.74, 6) is -0.571. The van der Waals surface area contributed by atoms with Gasteiger partial charge in [-0.1, -0.05) is 268 Å². The Kier molecular flexibility index (Phi) is 49.6. The van der Waals surface area contributed by atoms with E-state index in [0.717, 1.165) is 70.6 Å². The summed E-state index contributed by atoms with van der Waals surface area (Å²) in [6.45, 7) is 6.36. The molecule has 3 N–H and O–H groups in total. The highest BCUT2D eigenvalue weighted by molar-refractivity contribution is 5.77. The molecule has 64 heavy (non-hydrogen) atoms. The molecule has 0 bridgehead atoms. The normalized spacial score (nSPS) is 13.6. The molecule has 6 nitrogen and oxygen atoms in total. The number of hydrogen-bond donors (Lipinski definition) is 3. The number of aliphatic hydroxyl groups is 2. The molecule has 0 saturated carbocycles. The second-order valence-corrected chi connectivity index (χ2v) is 18.6. The fraction of sp³-hybridized carbons (Fsp3) is 0.793. The number of ether oxygens (including phenoxy) is 1. The Morgan fingerprint density at radius 3 is 1.19 bits per heavy atom. The van der Waals surface area contributed by atoms with Crippen molar-refractivity contribution in [3.05, 3.63) is 60.8 Å². The molecule has 0 fully saturated rings. The summed E-state index contributed by atoms with van der Waals surface area (Å²) in [7, 11) is 0. The minimum absolute atomic E-state index is 0.00105. The number of allylic oxidation sites excluding steroid dienone is 9. The summed E-state index contributed by atoms with van der Waals surface area (Å²) in [5, 5.41) is 23.8. The van der Waals surface area contributed by atoms with Gasteiger partial charge < -0.3 is 20.3 Å². The second kappa shape index (κ2) is 51.5. The van der Waals surface area contributed by atoms with Gasteiger partial charge in [0.25, 0.3) is 0 Å². The molecule has 0 spiro atoms. The standard InChI is InChI=1S/C58H105NO5/c1-4-7-10-13-16-19-22-25-27-28-30-33-36-39-42-45-48-51-58(63)64-54(49-46-43-40-37-34-32-29-26-23-20-17-14-11-8-5-2)52-57(62)59-55(53-60)56(61)50-47-44-41-38-35-31-24-21-18-15-12-9-6-3/h8,11,17,20,26,29,34,37,43,46,54-56,60-61H,4-7,9-10,12-16,18-19,21-25,27-28,30-33,35-36,38-42,44-45,47-53H2,1-3H3,(H,59,62)/b11-8-,20-17-,29-26-,37-34-,46-43-. The summed E-state index contributed by atoms with van der Waals surface area (Å²) in [5.41, 5.74) is 0. The third-order valence-corrected chi connectivity index (χ3v) is 12.4. The van der Waals surface area contributed by atoms with Crippen LogP contribution in [0.5, 0.6) is 0 Å². The Hall–Kier alpha value is -2.44. The van der Waals surface area contributed by atoms with E-state index in [0.29, 0.717) is 19.3 Å². The molecule has 0 heterocycles. The van der Waals surface area contributed by atoms with Crippen molar-refractivity contribution in [2.45, 2.75) is 289 Å². The first-order chi connectivity index (χ1) is 31.5. The van der Waals surface area contributed by atoms with Crippen LogP contribution in [0.15, 0.2) is 60.8 Å².